The van der Waals surface area contributed by atoms with Gasteiger partial charge in [0.15, 0.2) is 0 Å². The van der Waals surface area contributed by atoms with Gasteiger partial charge in [-0.2, -0.15) is 0 Å². The van der Waals surface area contributed by atoms with E-state index in [2.05, 4.69) is 9.72 Å². The van der Waals surface area contributed by atoms with E-state index in [9.17, 15) is 9.59 Å². The fourth-order valence-electron chi connectivity index (χ4n) is 1.24. The molecule has 1 aromatic heterocycles. The lowest BCUT2D eigenvalue weighted by molar-refractivity contribution is -0.142. The van der Waals surface area contributed by atoms with Gasteiger partial charge in [-0.15, -0.1) is 0 Å². The van der Waals surface area contributed by atoms with E-state index in [-0.39, 0.29) is 17.1 Å². The summed E-state index contributed by atoms with van der Waals surface area (Å²) < 4.78 is 4.46. The summed E-state index contributed by atoms with van der Waals surface area (Å²) in [6, 6.07) is 0.477. The zero-order valence-electron chi connectivity index (χ0n) is 9.01. The molecule has 1 rings (SSSR count). The first-order valence-corrected chi connectivity index (χ1v) is 5.04. The topological polar surface area (TPSA) is 103 Å². The number of carbonyl (C=O) groups excluding carboxylic acids is 1. The zero-order valence-corrected chi connectivity index (χ0v) is 9.77. The molecule has 3 N–H and O–H groups in total. The second-order valence-electron chi connectivity index (χ2n) is 3.32. The van der Waals surface area contributed by atoms with Crippen LogP contribution in [-0.4, -0.2) is 35.2 Å². The molecule has 0 aromatic carbocycles. The van der Waals surface area contributed by atoms with Gasteiger partial charge in [-0.1, -0.05) is 11.6 Å². The molecule has 7 heteroatoms. The zero-order chi connectivity index (χ0) is 13.0. The molecule has 0 aliphatic heterocycles. The summed E-state index contributed by atoms with van der Waals surface area (Å²) in [6.45, 7) is 0. The van der Waals surface area contributed by atoms with Crippen molar-refractivity contribution in [3.05, 3.63) is 28.5 Å². The van der Waals surface area contributed by atoms with Crippen LogP contribution in [-0.2, 0) is 16.0 Å². The highest BCUT2D eigenvalue weighted by Crippen LogP contribution is 2.15. The average Bonchev–Trinajstić information content (AvgIpc) is 2.30. The van der Waals surface area contributed by atoms with Gasteiger partial charge in [-0.25, -0.2) is 9.78 Å². The second kappa shape index (κ2) is 5.60. The maximum atomic E-state index is 11.1. The molecular formula is C10H11ClN2O4. The highest BCUT2D eigenvalue weighted by molar-refractivity contribution is 6.32. The van der Waals surface area contributed by atoms with Gasteiger partial charge >= 0.3 is 11.9 Å². The third-order valence-electron chi connectivity index (χ3n) is 2.09. The standard InChI is InChI=1S/C10H11ClN2O4/c1-17-10(16)7(12)3-5-2-6(9(14)15)8(11)13-4-5/h2,4,7H,3,12H2,1H3,(H,14,15)/t7-/m0/s1. The smallest absolute Gasteiger partial charge is 0.338 e. The fraction of sp³-hybridized carbons (Fsp3) is 0.300. The van der Waals surface area contributed by atoms with E-state index in [1.807, 2.05) is 0 Å². The van der Waals surface area contributed by atoms with Crippen LogP contribution in [0.4, 0.5) is 0 Å². The van der Waals surface area contributed by atoms with Crippen LogP contribution < -0.4 is 5.73 Å². The lowest BCUT2D eigenvalue weighted by Crippen LogP contribution is -2.33. The molecule has 0 unspecified atom stereocenters. The molecule has 92 valence electrons. The Hall–Kier alpha value is -1.66. The van der Waals surface area contributed by atoms with Crippen LogP contribution >= 0.6 is 11.6 Å². The third kappa shape index (κ3) is 3.40. The number of aromatic carboxylic acids is 1. The summed E-state index contributed by atoms with van der Waals surface area (Å²) in [7, 11) is 1.23. The van der Waals surface area contributed by atoms with Crippen molar-refractivity contribution in [2.45, 2.75) is 12.5 Å². The molecule has 0 saturated heterocycles. The number of ether oxygens (including phenoxy) is 1. The maximum Gasteiger partial charge on any atom is 0.338 e. The molecule has 0 bridgehead atoms. The average molecular weight is 259 g/mol. The van der Waals surface area contributed by atoms with Crippen LogP contribution in [0.1, 0.15) is 15.9 Å². The summed E-state index contributed by atoms with van der Waals surface area (Å²) in [5, 5.41) is 8.73. The van der Waals surface area contributed by atoms with Crippen LogP contribution in [0.2, 0.25) is 5.15 Å². The van der Waals surface area contributed by atoms with E-state index in [0.717, 1.165) is 0 Å². The maximum absolute atomic E-state index is 11.1. The summed E-state index contributed by atoms with van der Waals surface area (Å²) >= 11 is 5.60. The quantitative estimate of drug-likeness (QED) is 0.601. The Morgan fingerprint density at radius 1 is 1.65 bits per heavy atom. The Morgan fingerprint density at radius 3 is 2.82 bits per heavy atom. The molecule has 0 aliphatic rings. The molecule has 1 heterocycles. The molecule has 0 fully saturated rings. The van der Waals surface area contributed by atoms with Crippen LogP contribution in [0.25, 0.3) is 0 Å². The van der Waals surface area contributed by atoms with E-state index < -0.39 is 18.0 Å². The van der Waals surface area contributed by atoms with Gasteiger partial charge in [-0.3, -0.25) is 4.79 Å². The minimum absolute atomic E-state index is 0.104. The number of rotatable bonds is 4. The first-order valence-electron chi connectivity index (χ1n) is 4.66. The normalized spacial score (nSPS) is 11.9. The number of carboxylic acid groups (broad SMARTS) is 1. The summed E-state index contributed by atoms with van der Waals surface area (Å²) in [5.41, 5.74) is 5.92. The number of nitrogens with two attached hydrogens (primary N) is 1. The Kier molecular flexibility index (Phi) is 4.42. The molecule has 0 spiro atoms. The van der Waals surface area contributed by atoms with Crippen molar-refractivity contribution in [2.75, 3.05) is 7.11 Å². The number of hydrogen-bond acceptors (Lipinski definition) is 5. The monoisotopic (exact) mass is 258 g/mol. The van der Waals surface area contributed by atoms with E-state index in [4.69, 9.17) is 22.4 Å². The van der Waals surface area contributed by atoms with Gasteiger partial charge < -0.3 is 15.6 Å². The van der Waals surface area contributed by atoms with Crippen LogP contribution in [0.3, 0.4) is 0 Å². The fourth-order valence-corrected chi connectivity index (χ4v) is 1.43. The Morgan fingerprint density at radius 2 is 2.29 bits per heavy atom. The van der Waals surface area contributed by atoms with E-state index in [1.165, 1.54) is 19.4 Å². The predicted molar refractivity (Wildman–Crippen MR) is 59.9 cm³/mol. The van der Waals surface area contributed by atoms with Gasteiger partial charge in [-0.05, 0) is 18.1 Å². The number of pyridine rings is 1. The number of carboxylic acids is 1. The molecule has 17 heavy (non-hydrogen) atoms. The molecule has 0 amide bonds. The van der Waals surface area contributed by atoms with Crippen LogP contribution in [0, 0.1) is 0 Å². The molecule has 6 nitrogen and oxygen atoms in total. The second-order valence-corrected chi connectivity index (χ2v) is 3.68. The summed E-state index contributed by atoms with van der Waals surface area (Å²) in [6.07, 6.45) is 1.51. The van der Waals surface area contributed by atoms with Crippen molar-refractivity contribution < 1.29 is 19.4 Å². The third-order valence-corrected chi connectivity index (χ3v) is 2.39. The Balaban J connectivity index is 2.90. The highest BCUT2D eigenvalue weighted by Gasteiger charge is 2.17. The summed E-state index contributed by atoms with van der Waals surface area (Å²) in [5.74, 6) is -1.76. The molecule has 1 aromatic rings. The number of hydrogen-bond donors (Lipinski definition) is 2. The largest absolute Gasteiger partial charge is 0.478 e. The lowest BCUT2D eigenvalue weighted by atomic mass is 10.1. The Labute approximate surface area is 102 Å². The number of methoxy groups -OCH3 is 1. The van der Waals surface area contributed by atoms with Crippen molar-refractivity contribution in [2.24, 2.45) is 5.73 Å². The summed E-state index contributed by atoms with van der Waals surface area (Å²) in [4.78, 5) is 25.6. The molecule has 0 saturated carbocycles. The van der Waals surface area contributed by atoms with Crippen molar-refractivity contribution in [3.63, 3.8) is 0 Å². The first-order chi connectivity index (χ1) is 7.95. The minimum atomic E-state index is -1.18. The highest BCUT2D eigenvalue weighted by atomic mass is 35.5. The van der Waals surface area contributed by atoms with Crippen molar-refractivity contribution in [1.29, 1.82) is 0 Å². The van der Waals surface area contributed by atoms with Gasteiger partial charge in [0.05, 0.1) is 12.7 Å². The van der Waals surface area contributed by atoms with E-state index in [1.54, 1.807) is 0 Å². The Bertz CT molecular complexity index is 450. The molecular weight excluding hydrogens is 248 g/mol. The number of halogens is 1. The molecule has 0 aliphatic carbocycles. The van der Waals surface area contributed by atoms with Gasteiger partial charge in [0.1, 0.15) is 11.2 Å². The first kappa shape index (κ1) is 13.4. The van der Waals surface area contributed by atoms with Crippen LogP contribution in [0.15, 0.2) is 12.3 Å². The number of aromatic nitrogens is 1. The van der Waals surface area contributed by atoms with Gasteiger partial charge in [0.2, 0.25) is 0 Å². The van der Waals surface area contributed by atoms with E-state index in [0.29, 0.717) is 5.56 Å². The predicted octanol–water partition coefficient (Wildman–Crippen LogP) is 0.476. The van der Waals surface area contributed by atoms with Crippen molar-refractivity contribution in [1.82, 2.24) is 4.98 Å². The number of esters is 1. The number of carbonyl (C=O) groups is 2. The lowest BCUT2D eigenvalue weighted by Gasteiger charge is -2.09. The van der Waals surface area contributed by atoms with Gasteiger partial charge in [0, 0.05) is 6.20 Å². The molecule has 0 radical (unpaired) electrons. The molecule has 1 atom stereocenters. The number of nitrogens with zero attached hydrogens (tertiary/aromatic N) is 1. The van der Waals surface area contributed by atoms with Crippen LogP contribution in [0.5, 0.6) is 0 Å². The van der Waals surface area contributed by atoms with E-state index >= 15 is 0 Å². The van der Waals surface area contributed by atoms with Crippen molar-refractivity contribution in [3.8, 4) is 0 Å². The minimum Gasteiger partial charge on any atom is -0.478 e. The van der Waals surface area contributed by atoms with Crippen molar-refractivity contribution >= 4 is 23.5 Å². The van der Waals surface area contributed by atoms with Gasteiger partial charge in [0.25, 0.3) is 0 Å². The SMILES string of the molecule is COC(=O)[C@@H](N)Cc1cnc(Cl)c(C(=O)O)c1.